The van der Waals surface area contributed by atoms with Crippen LogP contribution in [-0.2, 0) is 13.0 Å². The third kappa shape index (κ3) is 2.31. The number of rotatable bonds is 2. The number of nitrogens with zero attached hydrogens (tertiary/aromatic N) is 5. The molecule has 0 fully saturated rings. The van der Waals surface area contributed by atoms with Crippen molar-refractivity contribution in [3.63, 3.8) is 0 Å². The zero-order valence-corrected chi connectivity index (χ0v) is 11.4. The fourth-order valence-corrected chi connectivity index (χ4v) is 3.51. The highest BCUT2D eigenvalue weighted by molar-refractivity contribution is 7.99. The predicted molar refractivity (Wildman–Crippen MR) is 66.6 cm³/mol. The van der Waals surface area contributed by atoms with Crippen molar-refractivity contribution < 1.29 is 0 Å². The van der Waals surface area contributed by atoms with E-state index in [1.165, 1.54) is 31.0 Å². The lowest BCUT2D eigenvalue weighted by atomic mass is 10.2. The summed E-state index contributed by atoms with van der Waals surface area (Å²) in [5.41, 5.74) is 0. The van der Waals surface area contributed by atoms with Crippen LogP contribution in [-0.4, -0.2) is 23.5 Å². The molecule has 0 saturated heterocycles. The van der Waals surface area contributed by atoms with Gasteiger partial charge in [-0.2, -0.15) is 8.75 Å². The first-order valence-corrected chi connectivity index (χ1v) is 7.35. The summed E-state index contributed by atoms with van der Waals surface area (Å²) in [5.74, 6) is 1.07. The molecular formula is C9H10ClN5S2. The Morgan fingerprint density at radius 2 is 2.12 bits per heavy atom. The molecule has 1 aliphatic heterocycles. The quantitative estimate of drug-likeness (QED) is 0.850. The first kappa shape index (κ1) is 11.4. The first-order chi connectivity index (χ1) is 8.34. The van der Waals surface area contributed by atoms with Crippen LogP contribution < -0.4 is 0 Å². The normalized spacial score (nSPS) is 15.6. The van der Waals surface area contributed by atoms with Crippen molar-refractivity contribution >= 4 is 35.1 Å². The van der Waals surface area contributed by atoms with Crippen molar-refractivity contribution in [3.05, 3.63) is 11.0 Å². The zero-order chi connectivity index (χ0) is 11.7. The number of aromatic nitrogens is 5. The molecule has 1 aliphatic rings. The van der Waals surface area contributed by atoms with Crippen LogP contribution in [0.1, 0.15) is 25.1 Å². The van der Waals surface area contributed by atoms with E-state index in [2.05, 4.69) is 23.5 Å². The van der Waals surface area contributed by atoms with Gasteiger partial charge in [0.2, 0.25) is 0 Å². The molecule has 0 spiro atoms. The predicted octanol–water partition coefficient (Wildman–Crippen LogP) is 2.66. The third-order valence-corrected chi connectivity index (χ3v) is 4.77. The Balaban J connectivity index is 1.89. The van der Waals surface area contributed by atoms with Gasteiger partial charge in [-0.25, -0.2) is 0 Å². The van der Waals surface area contributed by atoms with E-state index in [0.717, 1.165) is 40.7 Å². The van der Waals surface area contributed by atoms with Gasteiger partial charge in [0.1, 0.15) is 5.82 Å². The Kier molecular flexibility index (Phi) is 3.30. The summed E-state index contributed by atoms with van der Waals surface area (Å²) in [6.45, 7) is 0.986. The maximum Gasteiger partial charge on any atom is 0.197 e. The smallest absolute Gasteiger partial charge is 0.197 e. The number of hydrogen-bond acceptors (Lipinski definition) is 6. The van der Waals surface area contributed by atoms with Gasteiger partial charge >= 0.3 is 0 Å². The summed E-state index contributed by atoms with van der Waals surface area (Å²) in [5, 5.41) is 10.5. The van der Waals surface area contributed by atoms with Gasteiger partial charge < -0.3 is 4.57 Å². The molecule has 0 amide bonds. The molecule has 0 bridgehead atoms. The number of aryl methyl sites for hydroxylation is 1. The van der Waals surface area contributed by atoms with Gasteiger partial charge in [-0.3, -0.25) is 0 Å². The molecule has 0 unspecified atom stereocenters. The van der Waals surface area contributed by atoms with E-state index < -0.39 is 0 Å². The summed E-state index contributed by atoms with van der Waals surface area (Å²) < 4.78 is 10.3. The topological polar surface area (TPSA) is 56.5 Å². The van der Waals surface area contributed by atoms with E-state index in [0.29, 0.717) is 5.15 Å². The molecule has 8 heteroatoms. The first-order valence-electron chi connectivity index (χ1n) is 5.42. The molecule has 2 aromatic rings. The lowest BCUT2D eigenvalue weighted by Gasteiger charge is -2.04. The largest absolute Gasteiger partial charge is 0.306 e. The van der Waals surface area contributed by atoms with Gasteiger partial charge in [0, 0.05) is 13.0 Å². The third-order valence-electron chi connectivity index (χ3n) is 2.68. The molecular weight excluding hydrogens is 278 g/mol. The highest BCUT2D eigenvalue weighted by Crippen LogP contribution is 2.31. The van der Waals surface area contributed by atoms with Crippen LogP contribution in [0.2, 0.25) is 5.15 Å². The Hall–Kier alpha value is -0.660. The van der Waals surface area contributed by atoms with Crippen LogP contribution in [0.5, 0.6) is 0 Å². The average molecular weight is 288 g/mol. The number of hydrogen-bond donors (Lipinski definition) is 0. The maximum atomic E-state index is 5.93. The minimum Gasteiger partial charge on any atom is -0.306 e. The molecule has 0 N–H and O–H groups in total. The molecule has 3 heterocycles. The van der Waals surface area contributed by atoms with Gasteiger partial charge in [-0.15, -0.1) is 10.2 Å². The molecule has 2 aromatic heterocycles. The van der Waals surface area contributed by atoms with Crippen molar-refractivity contribution in [3.8, 4) is 0 Å². The lowest BCUT2D eigenvalue weighted by Crippen LogP contribution is -2.02. The molecule has 0 atom stereocenters. The summed E-state index contributed by atoms with van der Waals surface area (Å²) in [6, 6.07) is 0. The second-order valence-electron chi connectivity index (χ2n) is 3.82. The van der Waals surface area contributed by atoms with E-state index in [9.17, 15) is 0 Å². The van der Waals surface area contributed by atoms with Crippen LogP contribution in [0.15, 0.2) is 10.2 Å². The Morgan fingerprint density at radius 1 is 1.18 bits per heavy atom. The second kappa shape index (κ2) is 4.91. The molecule has 0 aromatic carbocycles. The second-order valence-corrected chi connectivity index (χ2v) is 5.67. The molecule has 90 valence electrons. The van der Waals surface area contributed by atoms with Crippen molar-refractivity contribution in [2.75, 3.05) is 0 Å². The summed E-state index contributed by atoms with van der Waals surface area (Å²) >= 11 is 8.50. The lowest BCUT2D eigenvalue weighted by molar-refractivity contribution is 0.591. The molecule has 0 aliphatic carbocycles. The monoisotopic (exact) mass is 287 g/mol. The summed E-state index contributed by atoms with van der Waals surface area (Å²) in [6.07, 6.45) is 4.65. The maximum absolute atomic E-state index is 5.93. The Bertz CT molecular complexity index is 523. The van der Waals surface area contributed by atoms with E-state index in [1.54, 1.807) is 0 Å². The minimum absolute atomic E-state index is 0.450. The molecule has 0 radical (unpaired) electrons. The van der Waals surface area contributed by atoms with Crippen molar-refractivity contribution in [2.24, 2.45) is 0 Å². The van der Waals surface area contributed by atoms with Crippen molar-refractivity contribution in [2.45, 2.75) is 42.4 Å². The average Bonchev–Trinajstić information content (AvgIpc) is 2.81. The molecule has 17 heavy (non-hydrogen) atoms. The number of halogens is 1. The SMILES string of the molecule is Clc1nsnc1Sc1nnc2n1CCCCC2. The van der Waals surface area contributed by atoms with E-state index >= 15 is 0 Å². The van der Waals surface area contributed by atoms with Crippen LogP contribution in [0.3, 0.4) is 0 Å². The van der Waals surface area contributed by atoms with Gasteiger partial charge in [0.25, 0.3) is 0 Å². The van der Waals surface area contributed by atoms with E-state index in [4.69, 9.17) is 11.6 Å². The van der Waals surface area contributed by atoms with Crippen molar-refractivity contribution in [1.29, 1.82) is 0 Å². The fraction of sp³-hybridized carbons (Fsp3) is 0.556. The number of fused-ring (bicyclic) bond motifs is 1. The van der Waals surface area contributed by atoms with Crippen molar-refractivity contribution in [1.82, 2.24) is 23.5 Å². The molecule has 0 saturated carbocycles. The Morgan fingerprint density at radius 3 is 2.94 bits per heavy atom. The van der Waals surface area contributed by atoms with Crippen LogP contribution in [0, 0.1) is 0 Å². The highest BCUT2D eigenvalue weighted by atomic mass is 35.5. The molecule has 5 nitrogen and oxygen atoms in total. The summed E-state index contributed by atoms with van der Waals surface area (Å²) in [7, 11) is 0. The van der Waals surface area contributed by atoms with Crippen LogP contribution in [0.4, 0.5) is 0 Å². The standard InChI is InChI=1S/C9H10ClN5S2/c10-7-8(14-17-13-7)16-9-12-11-6-4-2-1-3-5-15(6)9/h1-5H2. The van der Waals surface area contributed by atoms with E-state index in [-0.39, 0.29) is 0 Å². The fourth-order valence-electron chi connectivity index (χ4n) is 1.85. The van der Waals surface area contributed by atoms with Gasteiger partial charge in [0.05, 0.1) is 11.7 Å². The Labute approximate surface area is 112 Å². The van der Waals surface area contributed by atoms with Gasteiger partial charge in [0.15, 0.2) is 15.3 Å². The summed E-state index contributed by atoms with van der Waals surface area (Å²) in [4.78, 5) is 0. The van der Waals surface area contributed by atoms with Gasteiger partial charge in [-0.05, 0) is 24.6 Å². The van der Waals surface area contributed by atoms with E-state index in [1.807, 2.05) is 0 Å². The highest BCUT2D eigenvalue weighted by Gasteiger charge is 2.17. The minimum atomic E-state index is 0.450. The zero-order valence-electron chi connectivity index (χ0n) is 8.97. The van der Waals surface area contributed by atoms with Crippen LogP contribution in [0.25, 0.3) is 0 Å². The van der Waals surface area contributed by atoms with Gasteiger partial charge in [-0.1, -0.05) is 18.0 Å². The van der Waals surface area contributed by atoms with Crippen LogP contribution >= 0.6 is 35.1 Å². The molecule has 3 rings (SSSR count).